The lowest BCUT2D eigenvalue weighted by molar-refractivity contribution is -0.0363. The third kappa shape index (κ3) is 4.03. The molecule has 0 radical (unpaired) electrons. The van der Waals surface area contributed by atoms with E-state index in [9.17, 15) is 4.79 Å². The summed E-state index contributed by atoms with van der Waals surface area (Å²) in [4.78, 5) is 11.3. The first kappa shape index (κ1) is 15.0. The number of hydrogen-bond donors (Lipinski definition) is 2. The van der Waals surface area contributed by atoms with Crippen molar-refractivity contribution in [3.05, 3.63) is 35.4 Å². The second-order valence-corrected chi connectivity index (χ2v) is 5.13. The summed E-state index contributed by atoms with van der Waals surface area (Å²) in [5.41, 5.74) is 3.71. The van der Waals surface area contributed by atoms with Crippen LogP contribution < -0.4 is 11.3 Å². The molecule has 0 aromatic heterocycles. The number of hydrazine groups is 1. The van der Waals surface area contributed by atoms with Crippen LogP contribution >= 0.6 is 0 Å². The van der Waals surface area contributed by atoms with Gasteiger partial charge in [-0.3, -0.25) is 10.2 Å². The van der Waals surface area contributed by atoms with E-state index in [4.69, 9.17) is 15.3 Å². The fourth-order valence-electron chi connectivity index (χ4n) is 2.52. The molecule has 2 atom stereocenters. The number of carbonyl (C=O) groups is 1. The fourth-order valence-corrected chi connectivity index (χ4v) is 2.52. The Bertz CT molecular complexity index is 433. The molecule has 1 aliphatic carbocycles. The Hall–Kier alpha value is -1.43. The van der Waals surface area contributed by atoms with E-state index in [1.54, 1.807) is 19.2 Å². The minimum Gasteiger partial charge on any atom is -0.381 e. The van der Waals surface area contributed by atoms with Gasteiger partial charge >= 0.3 is 0 Å². The summed E-state index contributed by atoms with van der Waals surface area (Å²) >= 11 is 0. The van der Waals surface area contributed by atoms with E-state index in [-0.39, 0.29) is 12.0 Å². The van der Waals surface area contributed by atoms with E-state index in [1.807, 2.05) is 12.1 Å². The molecule has 0 saturated heterocycles. The third-order valence-corrected chi connectivity index (χ3v) is 3.74. The maximum absolute atomic E-state index is 11.3. The van der Waals surface area contributed by atoms with Crippen LogP contribution in [0, 0.1) is 0 Å². The van der Waals surface area contributed by atoms with Crippen molar-refractivity contribution in [2.45, 2.75) is 44.5 Å². The highest BCUT2D eigenvalue weighted by Crippen LogP contribution is 2.23. The van der Waals surface area contributed by atoms with Gasteiger partial charge in [0.2, 0.25) is 0 Å². The number of nitrogen functional groups attached to an aromatic ring is 1. The first-order valence-electron chi connectivity index (χ1n) is 6.97. The van der Waals surface area contributed by atoms with Crippen molar-refractivity contribution in [2.24, 2.45) is 5.84 Å². The van der Waals surface area contributed by atoms with Gasteiger partial charge in [-0.25, -0.2) is 5.84 Å². The van der Waals surface area contributed by atoms with Crippen LogP contribution in [0.4, 0.5) is 0 Å². The predicted octanol–water partition coefficient (Wildman–Crippen LogP) is 1.76. The van der Waals surface area contributed by atoms with Crippen LogP contribution in [-0.4, -0.2) is 25.2 Å². The van der Waals surface area contributed by atoms with Gasteiger partial charge < -0.3 is 9.47 Å². The zero-order valence-electron chi connectivity index (χ0n) is 11.8. The molecule has 1 amide bonds. The SMILES string of the molecule is COC1CCCC(OCc2ccc(C(=O)NN)cc2)C1. The molecule has 110 valence electrons. The lowest BCUT2D eigenvalue weighted by Crippen LogP contribution is -2.29. The van der Waals surface area contributed by atoms with Crippen LogP contribution in [0.2, 0.25) is 0 Å². The van der Waals surface area contributed by atoms with Gasteiger partial charge in [0.05, 0.1) is 18.8 Å². The Morgan fingerprint density at radius 2 is 2.00 bits per heavy atom. The minimum atomic E-state index is -0.285. The van der Waals surface area contributed by atoms with Gasteiger partial charge in [0.1, 0.15) is 0 Å². The van der Waals surface area contributed by atoms with Crippen LogP contribution in [-0.2, 0) is 16.1 Å². The van der Waals surface area contributed by atoms with Gasteiger partial charge in [0, 0.05) is 12.7 Å². The Morgan fingerprint density at radius 1 is 1.30 bits per heavy atom. The maximum Gasteiger partial charge on any atom is 0.265 e. The Kier molecular flexibility index (Phi) is 5.52. The van der Waals surface area contributed by atoms with Gasteiger partial charge in [-0.05, 0) is 43.4 Å². The van der Waals surface area contributed by atoms with Crippen molar-refractivity contribution < 1.29 is 14.3 Å². The van der Waals surface area contributed by atoms with Crippen molar-refractivity contribution >= 4 is 5.91 Å². The summed E-state index contributed by atoms with van der Waals surface area (Å²) in [6, 6.07) is 7.28. The molecular formula is C15H22N2O3. The number of nitrogens with one attached hydrogen (secondary N) is 1. The minimum absolute atomic E-state index is 0.265. The highest BCUT2D eigenvalue weighted by atomic mass is 16.5. The van der Waals surface area contributed by atoms with Crippen molar-refractivity contribution in [1.82, 2.24) is 5.43 Å². The highest BCUT2D eigenvalue weighted by Gasteiger charge is 2.22. The predicted molar refractivity (Wildman–Crippen MR) is 75.9 cm³/mol. The number of nitrogens with two attached hydrogens (primary N) is 1. The number of hydrogen-bond acceptors (Lipinski definition) is 4. The lowest BCUT2D eigenvalue weighted by atomic mass is 9.95. The summed E-state index contributed by atoms with van der Waals surface area (Å²) in [5.74, 6) is 4.80. The number of amides is 1. The van der Waals surface area contributed by atoms with E-state index < -0.39 is 0 Å². The van der Waals surface area contributed by atoms with E-state index in [1.165, 1.54) is 0 Å². The number of methoxy groups -OCH3 is 1. The summed E-state index contributed by atoms with van der Waals surface area (Å²) in [6.45, 7) is 0.561. The topological polar surface area (TPSA) is 73.6 Å². The lowest BCUT2D eigenvalue weighted by Gasteiger charge is -2.28. The first-order chi connectivity index (χ1) is 9.72. The molecule has 1 aromatic rings. The molecule has 5 heteroatoms. The number of benzene rings is 1. The van der Waals surface area contributed by atoms with Gasteiger partial charge in [-0.1, -0.05) is 12.1 Å². The van der Waals surface area contributed by atoms with Crippen molar-refractivity contribution in [3.63, 3.8) is 0 Å². The van der Waals surface area contributed by atoms with Gasteiger partial charge in [-0.15, -0.1) is 0 Å². The molecule has 0 heterocycles. The molecule has 0 bridgehead atoms. The van der Waals surface area contributed by atoms with E-state index in [0.717, 1.165) is 31.2 Å². The van der Waals surface area contributed by atoms with Crippen LogP contribution in [0.1, 0.15) is 41.6 Å². The summed E-state index contributed by atoms with van der Waals surface area (Å²) in [7, 11) is 1.76. The molecular weight excluding hydrogens is 256 g/mol. The highest BCUT2D eigenvalue weighted by molar-refractivity contribution is 5.93. The molecule has 5 nitrogen and oxygen atoms in total. The molecule has 2 rings (SSSR count). The van der Waals surface area contributed by atoms with Crippen LogP contribution in [0.15, 0.2) is 24.3 Å². The molecule has 1 aromatic carbocycles. The smallest absolute Gasteiger partial charge is 0.265 e. The Balaban J connectivity index is 1.83. The van der Waals surface area contributed by atoms with Gasteiger partial charge in [-0.2, -0.15) is 0 Å². The first-order valence-corrected chi connectivity index (χ1v) is 6.97. The zero-order chi connectivity index (χ0) is 14.4. The molecule has 2 unspecified atom stereocenters. The molecule has 1 fully saturated rings. The van der Waals surface area contributed by atoms with Gasteiger partial charge in [0.25, 0.3) is 5.91 Å². The summed E-state index contributed by atoms with van der Waals surface area (Å²) in [5, 5.41) is 0. The Labute approximate surface area is 119 Å². The molecule has 3 N–H and O–H groups in total. The standard InChI is InChI=1S/C15H22N2O3/c1-19-13-3-2-4-14(9-13)20-10-11-5-7-12(8-6-11)15(18)17-16/h5-8,13-14H,2-4,9-10,16H2,1H3,(H,17,18). The van der Waals surface area contributed by atoms with Crippen LogP contribution in [0.25, 0.3) is 0 Å². The fraction of sp³-hybridized carbons (Fsp3) is 0.533. The number of carbonyl (C=O) groups excluding carboxylic acids is 1. The van der Waals surface area contributed by atoms with E-state index in [2.05, 4.69) is 5.43 Å². The van der Waals surface area contributed by atoms with E-state index in [0.29, 0.717) is 18.3 Å². The molecule has 1 aliphatic rings. The van der Waals surface area contributed by atoms with Crippen molar-refractivity contribution in [3.8, 4) is 0 Å². The average Bonchev–Trinajstić information content (AvgIpc) is 2.53. The largest absolute Gasteiger partial charge is 0.381 e. The van der Waals surface area contributed by atoms with Crippen molar-refractivity contribution in [1.29, 1.82) is 0 Å². The molecule has 20 heavy (non-hydrogen) atoms. The second kappa shape index (κ2) is 7.38. The maximum atomic E-state index is 11.3. The zero-order valence-corrected chi connectivity index (χ0v) is 11.8. The molecule has 1 saturated carbocycles. The van der Waals surface area contributed by atoms with Crippen LogP contribution in [0.3, 0.4) is 0 Å². The quantitative estimate of drug-likeness (QED) is 0.489. The summed E-state index contributed by atoms with van der Waals surface area (Å²) < 4.78 is 11.3. The average molecular weight is 278 g/mol. The number of rotatable bonds is 5. The van der Waals surface area contributed by atoms with Gasteiger partial charge in [0.15, 0.2) is 0 Å². The van der Waals surface area contributed by atoms with Crippen molar-refractivity contribution in [2.75, 3.05) is 7.11 Å². The second-order valence-electron chi connectivity index (χ2n) is 5.13. The normalized spacial score (nSPS) is 22.5. The van der Waals surface area contributed by atoms with Crippen LogP contribution in [0.5, 0.6) is 0 Å². The summed E-state index contributed by atoms with van der Waals surface area (Å²) in [6.07, 6.45) is 4.92. The Morgan fingerprint density at radius 3 is 2.65 bits per heavy atom. The monoisotopic (exact) mass is 278 g/mol. The third-order valence-electron chi connectivity index (χ3n) is 3.74. The number of ether oxygens (including phenoxy) is 2. The van der Waals surface area contributed by atoms with E-state index >= 15 is 0 Å². The molecule has 0 aliphatic heterocycles. The molecule has 0 spiro atoms.